The van der Waals surface area contributed by atoms with Crippen molar-refractivity contribution in [3.63, 3.8) is 0 Å². The van der Waals surface area contributed by atoms with Crippen LogP contribution < -0.4 is 5.56 Å². The van der Waals surface area contributed by atoms with Crippen LogP contribution >= 0.6 is 11.8 Å². The number of methoxy groups -OCH3 is 1. The highest BCUT2D eigenvalue weighted by atomic mass is 32.2. The van der Waals surface area contributed by atoms with E-state index >= 15 is 0 Å². The summed E-state index contributed by atoms with van der Waals surface area (Å²) in [5.41, 5.74) is 2.36. The monoisotopic (exact) mass is 318 g/mol. The molecule has 22 heavy (non-hydrogen) atoms. The summed E-state index contributed by atoms with van der Waals surface area (Å²) in [4.78, 5) is 28.2. The van der Waals surface area contributed by atoms with Crippen LogP contribution in [0.5, 0.6) is 0 Å². The minimum absolute atomic E-state index is 0.0799. The number of benzene rings is 1. The highest BCUT2D eigenvalue weighted by Gasteiger charge is 2.14. The van der Waals surface area contributed by atoms with Crippen molar-refractivity contribution in [3.8, 4) is 0 Å². The third-order valence-electron chi connectivity index (χ3n) is 3.32. The highest BCUT2D eigenvalue weighted by Crippen LogP contribution is 2.16. The fourth-order valence-corrected chi connectivity index (χ4v) is 2.89. The van der Waals surface area contributed by atoms with Gasteiger partial charge in [0.1, 0.15) is 0 Å². The normalized spacial score (nSPS) is 10.5. The molecule has 0 fully saturated rings. The Hall–Kier alpha value is -2.08. The summed E-state index contributed by atoms with van der Waals surface area (Å²) in [6.07, 6.45) is 0.550. The maximum atomic E-state index is 12.5. The Bertz CT molecular complexity index is 726. The van der Waals surface area contributed by atoms with E-state index in [0.29, 0.717) is 22.8 Å². The molecular formula is C16H18N2O3S. The van der Waals surface area contributed by atoms with E-state index in [-0.39, 0.29) is 17.3 Å². The molecule has 1 heterocycles. The first-order chi connectivity index (χ1) is 10.5. The van der Waals surface area contributed by atoms with Crippen LogP contribution in [0.25, 0.3) is 0 Å². The molecule has 0 bridgehead atoms. The molecule has 0 N–H and O–H groups in total. The second-order valence-corrected chi connectivity index (χ2v) is 5.79. The average Bonchev–Trinajstić information content (AvgIpc) is 2.54. The Morgan fingerprint density at radius 3 is 2.64 bits per heavy atom. The second kappa shape index (κ2) is 7.26. The van der Waals surface area contributed by atoms with Gasteiger partial charge in [-0.25, -0.2) is 4.98 Å². The van der Waals surface area contributed by atoms with Crippen molar-refractivity contribution in [1.82, 2.24) is 9.55 Å². The molecule has 0 amide bonds. The summed E-state index contributed by atoms with van der Waals surface area (Å²) in [5.74, 6) is -0.209. The number of esters is 1. The molecule has 116 valence electrons. The Kier molecular flexibility index (Phi) is 5.38. The Labute approximate surface area is 133 Å². The standard InChI is InChI=1S/C16H18N2O3S/c1-11-13(9-12-7-5-4-6-8-12)15(20)18(2)16(17-11)22-10-14(19)21-3/h4-8H,9-10H2,1-3H3. The lowest BCUT2D eigenvalue weighted by Crippen LogP contribution is -2.26. The average molecular weight is 318 g/mol. The summed E-state index contributed by atoms with van der Waals surface area (Å²) in [6.45, 7) is 1.82. The van der Waals surface area contributed by atoms with Crippen LogP contribution in [0, 0.1) is 6.92 Å². The fraction of sp³-hybridized carbons (Fsp3) is 0.312. The zero-order valence-corrected chi connectivity index (χ0v) is 13.6. The van der Waals surface area contributed by atoms with Crippen molar-refractivity contribution in [2.24, 2.45) is 7.05 Å². The van der Waals surface area contributed by atoms with E-state index in [4.69, 9.17) is 0 Å². The van der Waals surface area contributed by atoms with Crippen molar-refractivity contribution in [2.45, 2.75) is 18.5 Å². The lowest BCUT2D eigenvalue weighted by Gasteiger charge is -2.11. The first kappa shape index (κ1) is 16.3. The summed E-state index contributed by atoms with van der Waals surface area (Å²) < 4.78 is 6.09. The quantitative estimate of drug-likeness (QED) is 0.479. The number of rotatable bonds is 5. The predicted octanol–water partition coefficient (Wildman–Crippen LogP) is 1.94. The third-order valence-corrected chi connectivity index (χ3v) is 4.32. The topological polar surface area (TPSA) is 61.2 Å². The molecule has 0 spiro atoms. The number of carbonyl (C=O) groups is 1. The lowest BCUT2D eigenvalue weighted by molar-refractivity contribution is -0.137. The number of hydrogen-bond acceptors (Lipinski definition) is 5. The summed E-state index contributed by atoms with van der Waals surface area (Å²) >= 11 is 1.20. The third kappa shape index (κ3) is 3.76. The van der Waals surface area contributed by atoms with Gasteiger partial charge in [-0.2, -0.15) is 0 Å². The predicted molar refractivity (Wildman–Crippen MR) is 86.2 cm³/mol. The van der Waals surface area contributed by atoms with Gasteiger partial charge in [0.2, 0.25) is 0 Å². The lowest BCUT2D eigenvalue weighted by atomic mass is 10.1. The molecule has 0 saturated carbocycles. The van der Waals surface area contributed by atoms with Gasteiger partial charge in [-0.1, -0.05) is 42.1 Å². The number of carbonyl (C=O) groups excluding carboxylic acids is 1. The molecule has 0 aliphatic heterocycles. The zero-order valence-electron chi connectivity index (χ0n) is 12.8. The number of hydrogen-bond donors (Lipinski definition) is 0. The minimum Gasteiger partial charge on any atom is -0.468 e. The summed E-state index contributed by atoms with van der Waals surface area (Å²) in [5, 5.41) is 0.518. The molecule has 0 atom stereocenters. The van der Waals surface area contributed by atoms with Crippen molar-refractivity contribution in [2.75, 3.05) is 12.9 Å². The zero-order chi connectivity index (χ0) is 16.1. The molecule has 2 aromatic rings. The molecule has 0 aliphatic carbocycles. The van der Waals surface area contributed by atoms with Gasteiger partial charge >= 0.3 is 5.97 Å². The van der Waals surface area contributed by atoms with Gasteiger partial charge in [-0.15, -0.1) is 0 Å². The van der Waals surface area contributed by atoms with Gasteiger partial charge in [0.25, 0.3) is 5.56 Å². The van der Waals surface area contributed by atoms with Gasteiger partial charge in [-0.3, -0.25) is 14.2 Å². The Morgan fingerprint density at radius 1 is 1.32 bits per heavy atom. The van der Waals surface area contributed by atoms with Crippen molar-refractivity contribution >= 4 is 17.7 Å². The molecule has 1 aromatic heterocycles. The van der Waals surface area contributed by atoms with E-state index in [1.807, 2.05) is 37.3 Å². The first-order valence-electron chi connectivity index (χ1n) is 6.83. The van der Waals surface area contributed by atoms with Gasteiger partial charge in [-0.05, 0) is 12.5 Å². The molecule has 0 saturated heterocycles. The van der Waals surface area contributed by atoms with E-state index in [2.05, 4.69) is 9.72 Å². The molecule has 0 aliphatic rings. The van der Waals surface area contributed by atoms with Crippen LogP contribution in [0.1, 0.15) is 16.8 Å². The van der Waals surface area contributed by atoms with Crippen LogP contribution in [0.4, 0.5) is 0 Å². The SMILES string of the molecule is COC(=O)CSc1nc(C)c(Cc2ccccc2)c(=O)n1C. The highest BCUT2D eigenvalue weighted by molar-refractivity contribution is 7.99. The summed E-state index contributed by atoms with van der Waals surface area (Å²) in [6, 6.07) is 9.81. The van der Waals surface area contributed by atoms with Crippen LogP contribution in [0.2, 0.25) is 0 Å². The van der Waals surface area contributed by atoms with E-state index < -0.39 is 0 Å². The van der Waals surface area contributed by atoms with Gasteiger partial charge in [0.15, 0.2) is 5.16 Å². The summed E-state index contributed by atoms with van der Waals surface area (Å²) in [7, 11) is 3.01. The van der Waals surface area contributed by atoms with E-state index in [0.717, 1.165) is 5.56 Å². The number of aryl methyl sites for hydroxylation is 1. The van der Waals surface area contributed by atoms with Crippen molar-refractivity contribution in [3.05, 3.63) is 57.5 Å². The molecule has 5 nitrogen and oxygen atoms in total. The Morgan fingerprint density at radius 2 is 2.00 bits per heavy atom. The maximum absolute atomic E-state index is 12.5. The van der Waals surface area contributed by atoms with Crippen molar-refractivity contribution in [1.29, 1.82) is 0 Å². The molecular weight excluding hydrogens is 300 g/mol. The van der Waals surface area contributed by atoms with Crippen LogP contribution in [-0.2, 0) is 23.0 Å². The first-order valence-corrected chi connectivity index (χ1v) is 7.81. The van der Waals surface area contributed by atoms with Gasteiger partial charge < -0.3 is 4.74 Å². The number of nitrogens with zero attached hydrogens (tertiary/aromatic N) is 2. The van der Waals surface area contributed by atoms with Crippen LogP contribution in [0.3, 0.4) is 0 Å². The number of thioether (sulfide) groups is 1. The van der Waals surface area contributed by atoms with Gasteiger partial charge in [0.05, 0.1) is 12.9 Å². The van der Waals surface area contributed by atoms with Crippen LogP contribution in [0.15, 0.2) is 40.3 Å². The molecule has 6 heteroatoms. The molecule has 0 radical (unpaired) electrons. The molecule has 1 aromatic carbocycles. The second-order valence-electron chi connectivity index (χ2n) is 4.85. The smallest absolute Gasteiger partial charge is 0.316 e. The fourth-order valence-electron chi connectivity index (χ4n) is 2.05. The Balaban J connectivity index is 2.29. The maximum Gasteiger partial charge on any atom is 0.316 e. The minimum atomic E-state index is -0.342. The van der Waals surface area contributed by atoms with Crippen molar-refractivity contribution < 1.29 is 9.53 Å². The van der Waals surface area contributed by atoms with E-state index in [1.54, 1.807) is 7.05 Å². The van der Waals surface area contributed by atoms with E-state index in [1.165, 1.54) is 23.4 Å². The largest absolute Gasteiger partial charge is 0.468 e. The molecule has 0 unspecified atom stereocenters. The number of ether oxygens (including phenoxy) is 1. The van der Waals surface area contributed by atoms with Gasteiger partial charge in [0, 0.05) is 24.7 Å². The van der Waals surface area contributed by atoms with E-state index in [9.17, 15) is 9.59 Å². The van der Waals surface area contributed by atoms with Crippen LogP contribution in [-0.4, -0.2) is 28.4 Å². The molecule has 2 rings (SSSR count). The number of aromatic nitrogens is 2.